The van der Waals surface area contributed by atoms with Crippen LogP contribution < -0.4 is 5.32 Å². The van der Waals surface area contributed by atoms with Crippen molar-refractivity contribution in [2.24, 2.45) is 5.92 Å². The second-order valence-electron chi connectivity index (χ2n) is 4.64. The molecule has 0 spiro atoms. The van der Waals surface area contributed by atoms with Crippen molar-refractivity contribution in [1.29, 1.82) is 0 Å². The van der Waals surface area contributed by atoms with Gasteiger partial charge in [0.15, 0.2) is 0 Å². The van der Waals surface area contributed by atoms with Crippen molar-refractivity contribution in [2.75, 3.05) is 26.8 Å². The van der Waals surface area contributed by atoms with Gasteiger partial charge in [-0.25, -0.2) is 0 Å². The van der Waals surface area contributed by atoms with E-state index in [-0.39, 0.29) is 0 Å². The third-order valence-corrected chi connectivity index (χ3v) is 3.91. The summed E-state index contributed by atoms with van der Waals surface area (Å²) in [5.41, 5.74) is 1.27. The number of likely N-dealkylation sites (N-methyl/N-ethyl adjacent to an activating group) is 1. The molecule has 3 heteroatoms. The lowest BCUT2D eigenvalue weighted by molar-refractivity contribution is 0.0579. The zero-order valence-electron chi connectivity index (χ0n) is 10.3. The molecule has 1 saturated heterocycles. The minimum atomic E-state index is 0.498. The summed E-state index contributed by atoms with van der Waals surface area (Å²) in [5, 5.41) is 4.18. The average Bonchev–Trinajstić information content (AvgIpc) is 2.38. The molecule has 1 aliphatic rings. The van der Waals surface area contributed by atoms with E-state index in [1.807, 2.05) is 19.2 Å². The standard InChI is InChI=1S/C14H20ClNO/c1-16-10-13(11-6-8-17-9-7-11)12-4-2-3-5-14(12)15/h2-5,11,13,16H,6-10H2,1H3. The molecule has 0 saturated carbocycles. The Hall–Kier alpha value is -0.570. The molecule has 0 bridgehead atoms. The highest BCUT2D eigenvalue weighted by atomic mass is 35.5. The van der Waals surface area contributed by atoms with E-state index in [9.17, 15) is 0 Å². The molecule has 94 valence electrons. The molecule has 1 atom stereocenters. The number of ether oxygens (including phenoxy) is 1. The summed E-state index contributed by atoms with van der Waals surface area (Å²) in [6, 6.07) is 8.20. The van der Waals surface area contributed by atoms with E-state index in [4.69, 9.17) is 16.3 Å². The van der Waals surface area contributed by atoms with Gasteiger partial charge in [0.05, 0.1) is 0 Å². The predicted octanol–water partition coefficient (Wildman–Crippen LogP) is 3.07. The number of hydrogen-bond donors (Lipinski definition) is 1. The molecule has 1 aliphatic heterocycles. The molecule has 2 rings (SSSR count). The Balaban J connectivity index is 2.18. The molecule has 1 heterocycles. The maximum absolute atomic E-state index is 6.31. The number of benzene rings is 1. The number of halogens is 1. The summed E-state index contributed by atoms with van der Waals surface area (Å²) >= 11 is 6.31. The van der Waals surface area contributed by atoms with Crippen LogP contribution in [0.3, 0.4) is 0 Å². The summed E-state index contributed by atoms with van der Waals surface area (Å²) in [7, 11) is 2.00. The van der Waals surface area contributed by atoms with Gasteiger partial charge in [0.1, 0.15) is 0 Å². The molecule has 1 fully saturated rings. The van der Waals surface area contributed by atoms with E-state index in [0.717, 1.165) is 37.6 Å². The van der Waals surface area contributed by atoms with Gasteiger partial charge in [-0.2, -0.15) is 0 Å². The minimum Gasteiger partial charge on any atom is -0.381 e. The topological polar surface area (TPSA) is 21.3 Å². The lowest BCUT2D eigenvalue weighted by Gasteiger charge is -2.31. The third kappa shape index (κ3) is 3.21. The van der Waals surface area contributed by atoms with Crippen molar-refractivity contribution in [2.45, 2.75) is 18.8 Å². The van der Waals surface area contributed by atoms with Crippen molar-refractivity contribution in [3.63, 3.8) is 0 Å². The second-order valence-corrected chi connectivity index (χ2v) is 5.04. The van der Waals surface area contributed by atoms with Crippen LogP contribution in [0.1, 0.15) is 24.3 Å². The van der Waals surface area contributed by atoms with Crippen LogP contribution in [-0.2, 0) is 4.74 Å². The van der Waals surface area contributed by atoms with Gasteiger partial charge in [0.25, 0.3) is 0 Å². The van der Waals surface area contributed by atoms with Gasteiger partial charge in [0.2, 0.25) is 0 Å². The maximum Gasteiger partial charge on any atom is 0.0468 e. The Morgan fingerprint density at radius 1 is 1.35 bits per heavy atom. The molecule has 17 heavy (non-hydrogen) atoms. The third-order valence-electron chi connectivity index (χ3n) is 3.56. The maximum atomic E-state index is 6.31. The van der Waals surface area contributed by atoms with E-state index in [1.165, 1.54) is 5.56 Å². The molecule has 0 amide bonds. The molecule has 0 aromatic heterocycles. The molecular formula is C14H20ClNO. The van der Waals surface area contributed by atoms with Gasteiger partial charge in [-0.15, -0.1) is 0 Å². The van der Waals surface area contributed by atoms with Crippen LogP contribution in [0.25, 0.3) is 0 Å². The van der Waals surface area contributed by atoms with E-state index in [1.54, 1.807) is 0 Å². The van der Waals surface area contributed by atoms with Crippen molar-refractivity contribution < 1.29 is 4.74 Å². The van der Waals surface area contributed by atoms with E-state index in [2.05, 4.69) is 17.4 Å². The largest absolute Gasteiger partial charge is 0.381 e. The average molecular weight is 254 g/mol. The summed E-state index contributed by atoms with van der Waals surface area (Å²) in [6.07, 6.45) is 2.27. The Labute approximate surface area is 108 Å². The quantitative estimate of drug-likeness (QED) is 0.891. The van der Waals surface area contributed by atoms with Gasteiger partial charge in [-0.3, -0.25) is 0 Å². The van der Waals surface area contributed by atoms with Crippen molar-refractivity contribution >= 4 is 11.6 Å². The van der Waals surface area contributed by atoms with E-state index >= 15 is 0 Å². The SMILES string of the molecule is CNCC(c1ccccc1Cl)C1CCOCC1. The fourth-order valence-corrected chi connectivity index (χ4v) is 2.92. The Morgan fingerprint density at radius 2 is 2.06 bits per heavy atom. The fraction of sp³-hybridized carbons (Fsp3) is 0.571. The van der Waals surface area contributed by atoms with Crippen LogP contribution in [-0.4, -0.2) is 26.8 Å². The molecule has 1 aromatic rings. The van der Waals surface area contributed by atoms with Gasteiger partial charge in [-0.05, 0) is 37.4 Å². The first kappa shape index (κ1) is 12.9. The molecule has 1 unspecified atom stereocenters. The molecule has 0 radical (unpaired) electrons. The molecular weight excluding hydrogens is 234 g/mol. The zero-order valence-corrected chi connectivity index (χ0v) is 11.0. The van der Waals surface area contributed by atoms with Crippen LogP contribution in [0.15, 0.2) is 24.3 Å². The van der Waals surface area contributed by atoms with Crippen LogP contribution in [0.2, 0.25) is 5.02 Å². The first-order valence-corrected chi connectivity index (χ1v) is 6.67. The Morgan fingerprint density at radius 3 is 2.71 bits per heavy atom. The highest BCUT2D eigenvalue weighted by Gasteiger charge is 2.26. The van der Waals surface area contributed by atoms with Gasteiger partial charge in [0, 0.05) is 30.7 Å². The van der Waals surface area contributed by atoms with Gasteiger partial charge < -0.3 is 10.1 Å². The van der Waals surface area contributed by atoms with Gasteiger partial charge in [-0.1, -0.05) is 29.8 Å². The van der Waals surface area contributed by atoms with E-state index in [0.29, 0.717) is 11.8 Å². The van der Waals surface area contributed by atoms with Crippen molar-refractivity contribution in [3.05, 3.63) is 34.9 Å². The normalized spacial score (nSPS) is 19.2. The molecule has 1 N–H and O–H groups in total. The molecule has 0 aliphatic carbocycles. The minimum absolute atomic E-state index is 0.498. The monoisotopic (exact) mass is 253 g/mol. The lowest BCUT2D eigenvalue weighted by Crippen LogP contribution is -2.28. The predicted molar refractivity (Wildman–Crippen MR) is 71.7 cm³/mol. The number of nitrogens with one attached hydrogen (secondary N) is 1. The second kappa shape index (κ2) is 6.39. The van der Waals surface area contributed by atoms with Crippen molar-refractivity contribution in [3.8, 4) is 0 Å². The number of hydrogen-bond acceptors (Lipinski definition) is 2. The number of rotatable bonds is 4. The summed E-state index contributed by atoms with van der Waals surface area (Å²) in [6.45, 7) is 2.75. The highest BCUT2D eigenvalue weighted by molar-refractivity contribution is 6.31. The zero-order chi connectivity index (χ0) is 12.1. The Bertz CT molecular complexity index is 350. The van der Waals surface area contributed by atoms with Crippen LogP contribution in [0.5, 0.6) is 0 Å². The van der Waals surface area contributed by atoms with Crippen LogP contribution in [0.4, 0.5) is 0 Å². The van der Waals surface area contributed by atoms with Gasteiger partial charge >= 0.3 is 0 Å². The summed E-state index contributed by atoms with van der Waals surface area (Å²) in [4.78, 5) is 0. The first-order valence-electron chi connectivity index (χ1n) is 6.29. The Kier molecular flexibility index (Phi) is 4.84. The molecule has 1 aromatic carbocycles. The summed E-state index contributed by atoms with van der Waals surface area (Å²) in [5.74, 6) is 1.17. The molecule has 2 nitrogen and oxygen atoms in total. The first-order chi connectivity index (χ1) is 8.33. The van der Waals surface area contributed by atoms with Crippen LogP contribution in [0, 0.1) is 5.92 Å². The van der Waals surface area contributed by atoms with Crippen molar-refractivity contribution in [1.82, 2.24) is 5.32 Å². The fourth-order valence-electron chi connectivity index (χ4n) is 2.64. The van der Waals surface area contributed by atoms with Crippen LogP contribution >= 0.6 is 11.6 Å². The smallest absolute Gasteiger partial charge is 0.0468 e. The lowest BCUT2D eigenvalue weighted by atomic mass is 9.81. The summed E-state index contributed by atoms with van der Waals surface area (Å²) < 4.78 is 5.44. The van der Waals surface area contributed by atoms with E-state index < -0.39 is 0 Å². The highest BCUT2D eigenvalue weighted by Crippen LogP contribution is 2.35.